The summed E-state index contributed by atoms with van der Waals surface area (Å²) in [7, 11) is 0. The largest absolute Gasteiger partial charge is 0.492 e. The van der Waals surface area contributed by atoms with Gasteiger partial charge in [-0.05, 0) is 43.7 Å². The second-order valence-electron chi connectivity index (χ2n) is 7.41. The van der Waals surface area contributed by atoms with Crippen molar-refractivity contribution in [1.82, 2.24) is 15.1 Å². The van der Waals surface area contributed by atoms with Crippen LogP contribution in [0.2, 0.25) is 0 Å². The number of ether oxygens (including phenoxy) is 1. The van der Waals surface area contributed by atoms with E-state index >= 15 is 0 Å². The second-order valence-corrected chi connectivity index (χ2v) is 7.41. The predicted molar refractivity (Wildman–Crippen MR) is 116 cm³/mol. The fourth-order valence-corrected chi connectivity index (χ4v) is 4.09. The third kappa shape index (κ3) is 4.65. The van der Waals surface area contributed by atoms with Crippen molar-refractivity contribution in [2.45, 2.75) is 31.7 Å². The molecule has 3 amide bonds. The molecule has 0 radical (unpaired) electrons. The molecule has 0 aromatic heterocycles. The Bertz CT molecular complexity index is 833. The van der Waals surface area contributed by atoms with Gasteiger partial charge in [0.25, 0.3) is 5.91 Å². The van der Waals surface area contributed by atoms with Crippen molar-refractivity contribution in [1.29, 1.82) is 0 Å². The first-order chi connectivity index (χ1) is 13.8. The Kier molecular flexibility index (Phi) is 7.34. The van der Waals surface area contributed by atoms with E-state index < -0.39 is 0 Å². The molecule has 2 fully saturated rings. The first kappa shape index (κ1) is 21.4. The number of nitrogens with zero attached hydrogens (tertiary/aromatic N) is 2. The fourth-order valence-electron chi connectivity index (χ4n) is 4.09. The van der Waals surface area contributed by atoms with Gasteiger partial charge in [0.2, 0.25) is 0 Å². The van der Waals surface area contributed by atoms with Crippen molar-refractivity contribution in [3.63, 3.8) is 0 Å². The minimum absolute atomic E-state index is 0. The lowest BCUT2D eigenvalue weighted by molar-refractivity contribution is -0.128. The number of hydrogen-bond acceptors (Lipinski definition) is 4. The molecule has 2 aliphatic heterocycles. The van der Waals surface area contributed by atoms with Crippen molar-refractivity contribution in [2.75, 3.05) is 32.8 Å². The van der Waals surface area contributed by atoms with Gasteiger partial charge in [0.15, 0.2) is 0 Å². The summed E-state index contributed by atoms with van der Waals surface area (Å²) >= 11 is 0. The topological polar surface area (TPSA) is 61.9 Å². The Hall–Kier alpha value is -2.31. The SMILES string of the molecule is Cl.O=C1C2CCCN2C(=O)N1CCCCNCCOc1cccc2ccccc12. The highest BCUT2D eigenvalue weighted by Gasteiger charge is 2.46. The van der Waals surface area contributed by atoms with E-state index in [0.717, 1.165) is 56.5 Å². The molecule has 29 heavy (non-hydrogen) atoms. The Morgan fingerprint density at radius 3 is 2.72 bits per heavy atom. The van der Waals surface area contributed by atoms with Crippen LogP contribution in [0.25, 0.3) is 10.8 Å². The molecule has 1 N–H and O–H groups in total. The molecule has 0 spiro atoms. The lowest BCUT2D eigenvalue weighted by Gasteiger charge is -2.15. The number of nitrogens with one attached hydrogen (secondary N) is 1. The van der Waals surface area contributed by atoms with Crippen LogP contribution in [0, 0.1) is 0 Å². The number of halogens is 1. The molecule has 2 aliphatic rings. The third-order valence-electron chi connectivity index (χ3n) is 5.55. The first-order valence-electron chi connectivity index (χ1n) is 10.2. The molecule has 1 atom stereocenters. The van der Waals surface area contributed by atoms with Gasteiger partial charge in [-0.1, -0.05) is 36.4 Å². The van der Waals surface area contributed by atoms with Crippen LogP contribution in [-0.4, -0.2) is 60.6 Å². The zero-order valence-electron chi connectivity index (χ0n) is 16.5. The highest BCUT2D eigenvalue weighted by atomic mass is 35.5. The molecule has 2 heterocycles. The number of hydrogen-bond donors (Lipinski definition) is 1. The molecule has 7 heteroatoms. The van der Waals surface area contributed by atoms with Gasteiger partial charge in [0.1, 0.15) is 18.4 Å². The average molecular weight is 418 g/mol. The molecule has 0 aliphatic carbocycles. The second kappa shape index (κ2) is 9.94. The van der Waals surface area contributed by atoms with Crippen molar-refractivity contribution in [3.05, 3.63) is 42.5 Å². The van der Waals surface area contributed by atoms with E-state index in [-0.39, 0.29) is 30.4 Å². The predicted octanol–water partition coefficient (Wildman–Crippen LogP) is 3.44. The summed E-state index contributed by atoms with van der Waals surface area (Å²) in [6.07, 6.45) is 3.52. The Balaban J connectivity index is 0.00000240. The highest BCUT2D eigenvalue weighted by molar-refractivity contribution is 6.04. The Labute approximate surface area is 177 Å². The summed E-state index contributed by atoms with van der Waals surface area (Å²) in [4.78, 5) is 27.7. The van der Waals surface area contributed by atoms with Crippen LogP contribution >= 0.6 is 12.4 Å². The lowest BCUT2D eigenvalue weighted by Crippen LogP contribution is -2.34. The van der Waals surface area contributed by atoms with E-state index in [9.17, 15) is 9.59 Å². The Morgan fingerprint density at radius 2 is 1.86 bits per heavy atom. The zero-order chi connectivity index (χ0) is 19.3. The number of amides is 3. The molecule has 4 rings (SSSR count). The molecule has 1 unspecified atom stereocenters. The van der Waals surface area contributed by atoms with Gasteiger partial charge in [0, 0.05) is 25.0 Å². The van der Waals surface area contributed by atoms with Crippen molar-refractivity contribution < 1.29 is 14.3 Å². The van der Waals surface area contributed by atoms with E-state index in [2.05, 4.69) is 23.5 Å². The average Bonchev–Trinajstić information content (AvgIpc) is 3.29. The summed E-state index contributed by atoms with van der Waals surface area (Å²) in [5.74, 6) is 0.908. The Morgan fingerprint density at radius 1 is 1.03 bits per heavy atom. The summed E-state index contributed by atoms with van der Waals surface area (Å²) in [6.45, 7) is 3.47. The van der Waals surface area contributed by atoms with Gasteiger partial charge in [-0.3, -0.25) is 9.69 Å². The van der Waals surface area contributed by atoms with Gasteiger partial charge in [-0.15, -0.1) is 12.4 Å². The summed E-state index contributed by atoms with van der Waals surface area (Å²) in [5, 5.41) is 5.68. The van der Waals surface area contributed by atoms with Crippen LogP contribution in [0.4, 0.5) is 4.79 Å². The summed E-state index contributed by atoms with van der Waals surface area (Å²) < 4.78 is 5.91. The van der Waals surface area contributed by atoms with E-state index in [1.165, 1.54) is 10.3 Å². The quantitative estimate of drug-likeness (QED) is 0.501. The standard InChI is InChI=1S/C22H27N3O3.ClH/c26-21-19-10-6-15-24(19)22(27)25(21)14-4-3-12-23-13-16-28-20-11-5-8-17-7-1-2-9-18(17)20;/h1-2,5,7-9,11,19,23H,3-4,6,10,12-16H2;1H. The lowest BCUT2D eigenvalue weighted by atomic mass is 10.1. The number of urea groups is 1. The van der Waals surface area contributed by atoms with E-state index in [1.807, 2.05) is 24.3 Å². The molecule has 2 aromatic carbocycles. The van der Waals surface area contributed by atoms with Gasteiger partial charge >= 0.3 is 6.03 Å². The molecule has 2 saturated heterocycles. The maximum absolute atomic E-state index is 12.3. The monoisotopic (exact) mass is 417 g/mol. The molecule has 0 bridgehead atoms. The third-order valence-corrected chi connectivity index (χ3v) is 5.55. The first-order valence-corrected chi connectivity index (χ1v) is 10.2. The molecular formula is C22H28ClN3O3. The molecular weight excluding hydrogens is 390 g/mol. The van der Waals surface area contributed by atoms with Gasteiger partial charge in [-0.25, -0.2) is 4.79 Å². The smallest absolute Gasteiger partial charge is 0.327 e. The van der Waals surface area contributed by atoms with Gasteiger partial charge in [0.05, 0.1) is 0 Å². The van der Waals surface area contributed by atoms with Crippen LogP contribution in [0.5, 0.6) is 5.75 Å². The molecule has 156 valence electrons. The van der Waals surface area contributed by atoms with E-state index in [1.54, 1.807) is 4.90 Å². The molecule has 6 nitrogen and oxygen atoms in total. The maximum Gasteiger partial charge on any atom is 0.327 e. The van der Waals surface area contributed by atoms with E-state index in [4.69, 9.17) is 4.74 Å². The number of fused-ring (bicyclic) bond motifs is 2. The van der Waals surface area contributed by atoms with Crippen molar-refractivity contribution in [2.24, 2.45) is 0 Å². The van der Waals surface area contributed by atoms with Crippen LogP contribution in [0.3, 0.4) is 0 Å². The van der Waals surface area contributed by atoms with Crippen molar-refractivity contribution in [3.8, 4) is 5.75 Å². The summed E-state index contributed by atoms with van der Waals surface area (Å²) in [5.41, 5.74) is 0. The fraction of sp³-hybridized carbons (Fsp3) is 0.455. The van der Waals surface area contributed by atoms with Crippen LogP contribution in [0.15, 0.2) is 42.5 Å². The number of carbonyl (C=O) groups is 2. The van der Waals surface area contributed by atoms with Crippen LogP contribution in [0.1, 0.15) is 25.7 Å². The highest BCUT2D eigenvalue weighted by Crippen LogP contribution is 2.27. The molecule has 0 saturated carbocycles. The minimum Gasteiger partial charge on any atom is -0.492 e. The zero-order valence-corrected chi connectivity index (χ0v) is 17.3. The minimum atomic E-state index is -0.183. The van der Waals surface area contributed by atoms with E-state index in [0.29, 0.717) is 13.2 Å². The van der Waals surface area contributed by atoms with Gasteiger partial charge in [-0.2, -0.15) is 0 Å². The normalized spacial score (nSPS) is 18.3. The molecule has 2 aromatic rings. The number of carbonyl (C=O) groups excluding carboxylic acids is 2. The van der Waals surface area contributed by atoms with Gasteiger partial charge < -0.3 is 15.0 Å². The number of rotatable bonds is 9. The number of imide groups is 1. The summed E-state index contributed by atoms with van der Waals surface area (Å²) in [6, 6.07) is 14.0. The van der Waals surface area contributed by atoms with Crippen LogP contribution in [-0.2, 0) is 4.79 Å². The van der Waals surface area contributed by atoms with Crippen molar-refractivity contribution >= 4 is 35.1 Å². The number of benzene rings is 2. The maximum atomic E-state index is 12.3. The number of unbranched alkanes of at least 4 members (excludes halogenated alkanes) is 1. The van der Waals surface area contributed by atoms with Crippen LogP contribution < -0.4 is 10.1 Å².